The Balaban J connectivity index is 0.955. The van der Waals surface area contributed by atoms with Gasteiger partial charge in [0.05, 0.1) is 66.1 Å². The van der Waals surface area contributed by atoms with Crippen LogP contribution in [-0.2, 0) is 94.6 Å². The molecule has 0 radical (unpaired) electrons. The summed E-state index contributed by atoms with van der Waals surface area (Å²) in [6.45, 7) is 2.76. The average Bonchev–Trinajstić information content (AvgIpc) is 1.59. The van der Waals surface area contributed by atoms with Crippen LogP contribution >= 0.6 is 0 Å². The summed E-state index contributed by atoms with van der Waals surface area (Å²) < 4.78 is 100. The molecule has 462 valence electrons. The van der Waals surface area contributed by atoms with Crippen molar-refractivity contribution in [3.8, 4) is 11.5 Å². The Labute approximate surface area is 512 Å². The van der Waals surface area contributed by atoms with Gasteiger partial charge in [0.25, 0.3) is 0 Å². The van der Waals surface area contributed by atoms with E-state index in [9.17, 15) is 10.6 Å². The fourth-order valence-corrected chi connectivity index (χ4v) is 11.2. The van der Waals surface area contributed by atoms with Gasteiger partial charge in [0, 0.05) is 10.5 Å². The summed E-state index contributed by atoms with van der Waals surface area (Å²) in [5.74, 6) is 1.28. The molecule has 19 heteroatoms. The Hall–Kier alpha value is -7.11. The molecule has 4 heterocycles. The monoisotopic (exact) mass is 1200 g/mol. The van der Waals surface area contributed by atoms with Gasteiger partial charge in [-0.1, -0.05) is 187 Å². The Morgan fingerprint density at radius 1 is 0.489 bits per heavy atom. The van der Waals surface area contributed by atoms with E-state index < -0.39 is 98.3 Å². The Morgan fingerprint density at radius 2 is 0.989 bits per heavy atom. The van der Waals surface area contributed by atoms with Crippen LogP contribution in [-0.4, -0.2) is 131 Å². The van der Waals surface area contributed by atoms with E-state index in [1.54, 1.807) is 31.4 Å². The van der Waals surface area contributed by atoms with Crippen LogP contribution in [0.15, 0.2) is 211 Å². The molecule has 11 rings (SSSR count). The number of aliphatic hydroxyl groups is 1. The maximum atomic E-state index is 12.8. The number of azide groups is 1. The lowest BCUT2D eigenvalue weighted by molar-refractivity contribution is -0.394. The molecule has 0 aromatic heterocycles. The molecule has 88 heavy (non-hydrogen) atoms. The third-order valence-corrected chi connectivity index (χ3v) is 15.7. The van der Waals surface area contributed by atoms with Gasteiger partial charge < -0.3 is 76.2 Å². The summed E-state index contributed by atoms with van der Waals surface area (Å²) in [6.07, 6.45) is -15.7. The maximum Gasteiger partial charge on any atom is 0.187 e. The van der Waals surface area contributed by atoms with Crippen LogP contribution in [0.3, 0.4) is 0 Å². The minimum atomic E-state index is -1.41. The van der Waals surface area contributed by atoms with E-state index in [1.165, 1.54) is 0 Å². The zero-order valence-corrected chi connectivity index (χ0v) is 49.1. The van der Waals surface area contributed by atoms with Crippen molar-refractivity contribution in [2.45, 2.75) is 138 Å². The summed E-state index contributed by atoms with van der Waals surface area (Å²) in [4.78, 5) is 3.34. The molecule has 4 saturated heterocycles. The number of nitrogens with zero attached hydrogens (tertiary/aromatic N) is 3. The third-order valence-electron chi connectivity index (χ3n) is 15.7. The summed E-state index contributed by atoms with van der Waals surface area (Å²) in [7, 11) is 1.60. The van der Waals surface area contributed by atoms with Crippen molar-refractivity contribution in [1.29, 1.82) is 0 Å². The van der Waals surface area contributed by atoms with Gasteiger partial charge in [0.15, 0.2) is 25.2 Å². The van der Waals surface area contributed by atoms with Crippen molar-refractivity contribution >= 4 is 0 Å². The number of fused-ring (bicyclic) bond motifs is 1. The van der Waals surface area contributed by atoms with Crippen LogP contribution < -0.4 is 9.47 Å². The number of hydrogen-bond acceptors (Lipinski definition) is 17. The minimum Gasteiger partial charge on any atom is -0.497 e. The third kappa shape index (κ3) is 16.6. The summed E-state index contributed by atoms with van der Waals surface area (Å²) in [5.41, 5.74) is 15.6. The SMILES string of the molecule is COc1ccc(OCCO[C@H]2O[C@@H]3COC(c4ccccc4)O[C@@H]3[C@H](O[C@H]3O[C@H](COCc4ccccc4)[C@@H](O[C@@H]4O[C@@H](C)[C@H](OCc5ccccc5)[C@@H](OCc5ccccc5)[C@H]4O)[C@H](OCc4ccccc4)[C@H]3OCc3ccccc3)[C@H]2N=[N+]=[N-])cc1. The van der Waals surface area contributed by atoms with Gasteiger partial charge >= 0.3 is 0 Å². The number of hydrogen-bond donors (Lipinski definition) is 1. The smallest absolute Gasteiger partial charge is 0.187 e. The van der Waals surface area contributed by atoms with Crippen molar-refractivity contribution in [1.82, 2.24) is 0 Å². The molecule has 0 spiro atoms. The molecule has 7 aromatic carbocycles. The van der Waals surface area contributed by atoms with Gasteiger partial charge in [0.2, 0.25) is 0 Å². The molecule has 0 aliphatic carbocycles. The number of benzene rings is 7. The van der Waals surface area contributed by atoms with Gasteiger partial charge in [-0.3, -0.25) is 0 Å². The second kappa shape index (κ2) is 31.9. The average molecular weight is 1200 g/mol. The Bertz CT molecular complexity index is 3180. The zero-order valence-electron chi connectivity index (χ0n) is 49.1. The van der Waals surface area contributed by atoms with Crippen LogP contribution in [0.2, 0.25) is 0 Å². The van der Waals surface area contributed by atoms with Crippen LogP contribution in [0.25, 0.3) is 10.4 Å². The van der Waals surface area contributed by atoms with Crippen molar-refractivity contribution in [3.63, 3.8) is 0 Å². The first-order chi connectivity index (χ1) is 43.4. The first-order valence-corrected chi connectivity index (χ1v) is 29.8. The normalized spacial score (nSPS) is 28.6. The molecule has 0 bridgehead atoms. The molecule has 0 saturated carbocycles. The predicted octanol–water partition coefficient (Wildman–Crippen LogP) is 10.8. The zero-order chi connectivity index (χ0) is 60.3. The van der Waals surface area contributed by atoms with Gasteiger partial charge in [-0.15, -0.1) is 0 Å². The predicted molar refractivity (Wildman–Crippen MR) is 321 cm³/mol. The lowest BCUT2D eigenvalue weighted by Gasteiger charge is -2.52. The fourth-order valence-electron chi connectivity index (χ4n) is 11.2. The van der Waals surface area contributed by atoms with Gasteiger partial charge in [-0.05, 0) is 64.5 Å². The van der Waals surface area contributed by atoms with E-state index in [4.69, 9.17) is 71.1 Å². The molecule has 19 nitrogen and oxygen atoms in total. The largest absolute Gasteiger partial charge is 0.497 e. The molecular weight excluding hydrogens is 1130 g/mol. The molecule has 1 unspecified atom stereocenters. The van der Waals surface area contributed by atoms with E-state index >= 15 is 0 Å². The summed E-state index contributed by atoms with van der Waals surface area (Å²) in [5, 5.41) is 17.1. The molecular formula is C69H75N3O16. The van der Waals surface area contributed by atoms with E-state index in [0.29, 0.717) is 11.5 Å². The highest BCUT2D eigenvalue weighted by Gasteiger charge is 2.57. The van der Waals surface area contributed by atoms with Gasteiger partial charge in [-0.2, -0.15) is 0 Å². The fraction of sp³-hybridized carbons (Fsp3) is 0.391. The standard InChI is InChI=1S/C69H75N3O16/c1-46-59(78-40-48-23-11-4-12-24-48)63(79-41-49-25-13-5-14-26-49)58(73)68(83-46)87-61-55(44-75-39-47-21-9-3-10-22-47)85-69(65(81-43-51-29-17-7-18-30-51)64(61)80-42-50-27-15-6-16-28-50)88-62-57(71-72-70)67(77-38-37-76-54-35-33-53(74-2)34-36-54)84-56-45-82-66(86-60(56)62)52-31-19-8-20-32-52/h3-36,46,55-69,73H,37-45H2,1-2H3/t46-,55+,56+,57+,58+,59-,60-,61+,62+,63-,64-,65+,66?,67-,68-,69+/m0/s1. The molecule has 16 atom stereocenters. The van der Waals surface area contributed by atoms with Gasteiger partial charge in [-0.25, -0.2) is 0 Å². The number of rotatable bonds is 28. The summed E-state index contributed by atoms with van der Waals surface area (Å²) >= 11 is 0. The van der Waals surface area contributed by atoms with Crippen LogP contribution in [0.1, 0.15) is 46.6 Å². The van der Waals surface area contributed by atoms with Crippen molar-refractivity contribution < 1.29 is 76.2 Å². The second-order valence-corrected chi connectivity index (χ2v) is 21.8. The minimum absolute atomic E-state index is 0.0242. The number of ether oxygens (including phenoxy) is 15. The number of aliphatic hydroxyl groups excluding tert-OH is 1. The number of methoxy groups -OCH3 is 1. The molecule has 4 aliphatic rings. The molecule has 7 aromatic rings. The van der Waals surface area contributed by atoms with Crippen LogP contribution in [0, 0.1) is 0 Å². The Kier molecular flexibility index (Phi) is 22.6. The highest BCUT2D eigenvalue weighted by molar-refractivity contribution is 5.31. The molecule has 0 amide bonds. The van der Waals surface area contributed by atoms with Crippen molar-refractivity contribution in [2.24, 2.45) is 5.11 Å². The molecule has 1 N–H and O–H groups in total. The maximum absolute atomic E-state index is 12.8. The van der Waals surface area contributed by atoms with E-state index in [-0.39, 0.29) is 59.5 Å². The van der Waals surface area contributed by atoms with Crippen molar-refractivity contribution in [2.75, 3.05) is 33.5 Å². The quantitative estimate of drug-likeness (QED) is 0.0209. The van der Waals surface area contributed by atoms with E-state index in [1.807, 2.05) is 189 Å². The lowest BCUT2D eigenvalue weighted by atomic mass is 9.94. The molecule has 4 aliphatic heterocycles. The Morgan fingerprint density at radius 3 is 1.55 bits per heavy atom. The summed E-state index contributed by atoms with van der Waals surface area (Å²) in [6, 6.07) is 64.2. The molecule has 4 fully saturated rings. The highest BCUT2D eigenvalue weighted by atomic mass is 16.8. The van der Waals surface area contributed by atoms with Crippen LogP contribution in [0.5, 0.6) is 11.5 Å². The first kappa shape index (κ1) is 62.5. The lowest BCUT2D eigenvalue weighted by Crippen LogP contribution is -2.68. The van der Waals surface area contributed by atoms with Crippen LogP contribution in [0.4, 0.5) is 0 Å². The van der Waals surface area contributed by atoms with Gasteiger partial charge in [0.1, 0.15) is 85.2 Å². The topological polar surface area (TPSA) is 207 Å². The second-order valence-electron chi connectivity index (χ2n) is 21.8. The van der Waals surface area contributed by atoms with E-state index in [0.717, 1.165) is 33.4 Å². The van der Waals surface area contributed by atoms with E-state index in [2.05, 4.69) is 10.0 Å². The first-order valence-electron chi connectivity index (χ1n) is 29.8. The van der Waals surface area contributed by atoms with Crippen molar-refractivity contribution in [3.05, 3.63) is 250 Å². The highest BCUT2D eigenvalue weighted by Crippen LogP contribution is 2.41.